The molecule has 2 aromatic rings. The van der Waals surface area contributed by atoms with Crippen LogP contribution in [0, 0.1) is 0 Å². The van der Waals surface area contributed by atoms with Crippen LogP contribution >= 0.6 is 11.3 Å². The van der Waals surface area contributed by atoms with Gasteiger partial charge in [0.2, 0.25) is 20.0 Å². The molecule has 1 aromatic carbocycles. The van der Waals surface area contributed by atoms with Crippen molar-refractivity contribution in [3.63, 3.8) is 0 Å². The van der Waals surface area contributed by atoms with Gasteiger partial charge in [-0.25, -0.2) is 21.6 Å². The maximum Gasteiger partial charge on any atom is 0.267 e. The molecule has 1 aliphatic rings. The van der Waals surface area contributed by atoms with E-state index < -0.39 is 26.0 Å². The Morgan fingerprint density at radius 1 is 1.10 bits per heavy atom. The molecule has 1 saturated heterocycles. The molecule has 1 aromatic heterocycles. The third-order valence-electron chi connectivity index (χ3n) is 4.99. The minimum absolute atomic E-state index is 0.0121. The van der Waals surface area contributed by atoms with Gasteiger partial charge in [-0.1, -0.05) is 25.8 Å². The summed E-state index contributed by atoms with van der Waals surface area (Å²) >= 11 is 1.04. The van der Waals surface area contributed by atoms with E-state index in [1.165, 1.54) is 28.6 Å². The number of nitrogens with one attached hydrogen (secondary N) is 2. The highest BCUT2D eigenvalue weighted by atomic mass is 32.2. The Labute approximate surface area is 187 Å². The molecular formula is C20H27N3O5S3. The van der Waals surface area contributed by atoms with E-state index in [0.29, 0.717) is 19.6 Å². The maximum absolute atomic E-state index is 13.0. The van der Waals surface area contributed by atoms with Gasteiger partial charge in [-0.2, -0.15) is 4.31 Å². The van der Waals surface area contributed by atoms with Crippen molar-refractivity contribution < 1.29 is 21.6 Å². The number of amides is 1. The van der Waals surface area contributed by atoms with E-state index in [1.54, 1.807) is 11.4 Å². The fraction of sp³-hybridized carbons (Fsp3) is 0.450. The molecule has 31 heavy (non-hydrogen) atoms. The van der Waals surface area contributed by atoms with E-state index in [4.69, 9.17) is 0 Å². The molecular weight excluding hydrogens is 458 g/mol. The average molecular weight is 486 g/mol. The smallest absolute Gasteiger partial charge is 0.267 e. The van der Waals surface area contributed by atoms with Crippen LogP contribution < -0.4 is 10.0 Å². The van der Waals surface area contributed by atoms with Crippen molar-refractivity contribution in [2.24, 2.45) is 0 Å². The summed E-state index contributed by atoms with van der Waals surface area (Å²) in [6.07, 6.45) is 4.19. The van der Waals surface area contributed by atoms with Gasteiger partial charge in [-0.3, -0.25) is 4.79 Å². The first-order valence-electron chi connectivity index (χ1n) is 10.2. The normalized spacial score (nSPS) is 15.6. The topological polar surface area (TPSA) is 113 Å². The number of anilines is 1. The quantitative estimate of drug-likeness (QED) is 0.530. The van der Waals surface area contributed by atoms with Gasteiger partial charge < -0.3 is 5.32 Å². The van der Waals surface area contributed by atoms with E-state index >= 15 is 0 Å². The summed E-state index contributed by atoms with van der Waals surface area (Å²) in [6.45, 7) is 3.20. The number of benzene rings is 1. The highest BCUT2D eigenvalue weighted by Gasteiger charge is 2.31. The zero-order valence-corrected chi connectivity index (χ0v) is 19.8. The fourth-order valence-electron chi connectivity index (χ4n) is 3.31. The minimum atomic E-state index is -3.75. The second-order valence-corrected chi connectivity index (χ2v) is 11.9. The Morgan fingerprint density at radius 2 is 1.84 bits per heavy atom. The van der Waals surface area contributed by atoms with Crippen LogP contribution in [0.5, 0.6) is 0 Å². The molecule has 0 atom stereocenters. The molecule has 1 amide bonds. The highest BCUT2D eigenvalue weighted by molar-refractivity contribution is 7.89. The van der Waals surface area contributed by atoms with E-state index in [-0.39, 0.29) is 20.4 Å². The summed E-state index contributed by atoms with van der Waals surface area (Å²) in [5, 5.41) is 4.21. The summed E-state index contributed by atoms with van der Waals surface area (Å²) in [5.41, 5.74) is 0.276. The molecule has 3 rings (SSSR count). The van der Waals surface area contributed by atoms with E-state index in [0.717, 1.165) is 43.4 Å². The van der Waals surface area contributed by atoms with Crippen LogP contribution in [-0.4, -0.2) is 46.7 Å². The number of rotatable bonds is 9. The highest BCUT2D eigenvalue weighted by Crippen LogP contribution is 2.28. The summed E-state index contributed by atoms with van der Waals surface area (Å²) in [7, 11) is -7.45. The average Bonchev–Trinajstić information content (AvgIpc) is 3.26. The van der Waals surface area contributed by atoms with Crippen LogP contribution in [0.1, 0.15) is 48.7 Å². The number of carbonyl (C=O) groups is 1. The predicted molar refractivity (Wildman–Crippen MR) is 121 cm³/mol. The number of hydrogen-bond acceptors (Lipinski definition) is 6. The van der Waals surface area contributed by atoms with E-state index in [9.17, 15) is 21.6 Å². The number of unbranched alkanes of at least 4 members (excludes halogenated alkanes) is 1. The van der Waals surface area contributed by atoms with Crippen LogP contribution in [0.4, 0.5) is 5.69 Å². The Balaban J connectivity index is 1.78. The fourth-order valence-corrected chi connectivity index (χ4v) is 7.24. The number of hydrogen-bond donors (Lipinski definition) is 2. The van der Waals surface area contributed by atoms with Crippen molar-refractivity contribution in [3.8, 4) is 0 Å². The molecule has 2 N–H and O–H groups in total. The Morgan fingerprint density at radius 3 is 2.55 bits per heavy atom. The Hall–Kier alpha value is -1.79. The molecule has 0 saturated carbocycles. The lowest BCUT2D eigenvalue weighted by molar-refractivity contribution is 0.102. The molecule has 0 bridgehead atoms. The largest absolute Gasteiger partial charge is 0.321 e. The van der Waals surface area contributed by atoms with Crippen LogP contribution in [0.2, 0.25) is 0 Å². The number of thiophene rings is 1. The van der Waals surface area contributed by atoms with Gasteiger partial charge >= 0.3 is 0 Å². The van der Waals surface area contributed by atoms with Crippen molar-refractivity contribution >= 4 is 43.0 Å². The van der Waals surface area contributed by atoms with Crippen molar-refractivity contribution in [1.29, 1.82) is 0 Å². The third kappa shape index (κ3) is 5.72. The molecule has 1 fully saturated rings. The van der Waals surface area contributed by atoms with Crippen molar-refractivity contribution in [2.45, 2.75) is 48.8 Å². The number of carbonyl (C=O) groups excluding carboxylic acids is 1. The minimum Gasteiger partial charge on any atom is -0.321 e. The van der Waals surface area contributed by atoms with E-state index in [1.807, 2.05) is 6.92 Å². The van der Waals surface area contributed by atoms with Gasteiger partial charge in [-0.15, -0.1) is 11.3 Å². The lowest BCUT2D eigenvalue weighted by Gasteiger charge is -2.25. The molecule has 1 aliphatic heterocycles. The van der Waals surface area contributed by atoms with Gasteiger partial charge in [0.05, 0.1) is 4.90 Å². The zero-order valence-electron chi connectivity index (χ0n) is 17.3. The van der Waals surface area contributed by atoms with Crippen LogP contribution in [0.15, 0.2) is 45.5 Å². The lowest BCUT2D eigenvalue weighted by Crippen LogP contribution is -2.36. The van der Waals surface area contributed by atoms with Crippen LogP contribution in [0.25, 0.3) is 0 Å². The molecule has 0 unspecified atom stereocenters. The van der Waals surface area contributed by atoms with Gasteiger partial charge in [0.25, 0.3) is 5.91 Å². The second-order valence-electron chi connectivity index (χ2n) is 7.31. The molecule has 8 nitrogen and oxygen atoms in total. The number of sulfonamides is 2. The molecule has 0 spiro atoms. The van der Waals surface area contributed by atoms with Crippen molar-refractivity contribution in [3.05, 3.63) is 40.6 Å². The third-order valence-corrected chi connectivity index (χ3v) is 9.43. The SMILES string of the molecule is CCCCNS(=O)(=O)c1cccc(NC(=O)c2sccc2S(=O)(=O)N2CCCCC2)c1. The summed E-state index contributed by atoms with van der Waals surface area (Å²) in [4.78, 5) is 13.0. The van der Waals surface area contributed by atoms with Gasteiger partial charge in [0.15, 0.2) is 0 Å². The number of piperidine rings is 1. The summed E-state index contributed by atoms with van der Waals surface area (Å²) < 4.78 is 54.8. The first kappa shape index (κ1) is 23.9. The monoisotopic (exact) mass is 485 g/mol. The first-order chi connectivity index (χ1) is 14.8. The number of nitrogens with zero attached hydrogens (tertiary/aromatic N) is 1. The van der Waals surface area contributed by atoms with Crippen LogP contribution in [0.3, 0.4) is 0 Å². The maximum atomic E-state index is 13.0. The van der Waals surface area contributed by atoms with Gasteiger partial charge in [-0.05, 0) is 48.9 Å². The Kier molecular flexibility index (Phi) is 7.87. The van der Waals surface area contributed by atoms with Crippen molar-refractivity contribution in [1.82, 2.24) is 9.03 Å². The van der Waals surface area contributed by atoms with Crippen LogP contribution in [-0.2, 0) is 20.0 Å². The lowest BCUT2D eigenvalue weighted by atomic mass is 10.2. The van der Waals surface area contributed by atoms with E-state index in [2.05, 4.69) is 10.0 Å². The zero-order chi connectivity index (χ0) is 22.5. The van der Waals surface area contributed by atoms with Gasteiger partial charge in [0, 0.05) is 25.3 Å². The second kappa shape index (κ2) is 10.2. The van der Waals surface area contributed by atoms with Crippen molar-refractivity contribution in [2.75, 3.05) is 25.0 Å². The molecule has 11 heteroatoms. The first-order valence-corrected chi connectivity index (χ1v) is 14.0. The molecule has 0 aliphatic carbocycles. The summed E-state index contributed by atoms with van der Waals surface area (Å²) in [5.74, 6) is -0.584. The molecule has 2 heterocycles. The predicted octanol–water partition coefficient (Wildman–Crippen LogP) is 3.25. The Bertz CT molecular complexity index is 1120. The summed E-state index contributed by atoms with van der Waals surface area (Å²) in [6, 6.07) is 7.35. The molecule has 0 radical (unpaired) electrons. The molecule has 170 valence electrons. The standard InChI is InChI=1S/C20H27N3O5S3/c1-2-3-11-21-30(25,26)17-9-7-8-16(15-17)22-20(24)19-18(10-14-29-19)31(27,28)23-12-5-4-6-13-23/h7-10,14-15,21H,2-6,11-13H2,1H3,(H,22,24). The van der Waals surface area contributed by atoms with Gasteiger partial charge in [0.1, 0.15) is 9.77 Å².